The van der Waals surface area contributed by atoms with Gasteiger partial charge in [0.15, 0.2) is 20.3 Å². The summed E-state index contributed by atoms with van der Waals surface area (Å²) < 4.78 is 51.8. The van der Waals surface area contributed by atoms with E-state index in [2.05, 4.69) is 15.0 Å². The maximum atomic E-state index is 11.9. The van der Waals surface area contributed by atoms with Gasteiger partial charge in [0, 0.05) is 38.3 Å². The van der Waals surface area contributed by atoms with Crippen LogP contribution in [-0.2, 0) is 28.8 Å². The largest absolute Gasteiger partial charge is 0.483 e. The second-order valence-electron chi connectivity index (χ2n) is 8.86. The lowest BCUT2D eigenvalue weighted by Crippen LogP contribution is -2.27. The number of carbonyl (C=O) groups excluding carboxylic acids is 1. The number of sulfone groups is 1. The molecule has 0 saturated carbocycles. The second kappa shape index (κ2) is 12.8. The molecule has 1 aliphatic heterocycles. The number of nitrogens with zero attached hydrogens (tertiary/aromatic N) is 2. The molecule has 11 nitrogen and oxygen atoms in total. The normalized spacial score (nSPS) is 15.5. The number of pyridine rings is 1. The summed E-state index contributed by atoms with van der Waals surface area (Å²) in [7, 11) is -0.260. The van der Waals surface area contributed by atoms with Crippen LogP contribution in [0.25, 0.3) is 10.9 Å². The molecule has 1 atom stereocenters. The van der Waals surface area contributed by atoms with Crippen LogP contribution in [0.15, 0.2) is 46.5 Å². The zero-order chi connectivity index (χ0) is 28.0. The van der Waals surface area contributed by atoms with Crippen LogP contribution in [0.5, 0.6) is 17.2 Å². The zero-order valence-electron chi connectivity index (χ0n) is 22.1. The smallest absolute Gasteiger partial charge is 0.306 e. The summed E-state index contributed by atoms with van der Waals surface area (Å²) in [5.41, 5.74) is 1.10. The van der Waals surface area contributed by atoms with Gasteiger partial charge in [0.25, 0.3) is 0 Å². The molecule has 39 heavy (non-hydrogen) atoms. The molecule has 0 saturated heterocycles. The number of esters is 1. The molecule has 0 bridgehead atoms. The van der Waals surface area contributed by atoms with Crippen LogP contribution in [0.2, 0.25) is 0 Å². The fourth-order valence-electron chi connectivity index (χ4n) is 3.88. The molecule has 0 spiro atoms. The Balaban J connectivity index is 1.63. The number of rotatable bonds is 13. The SMILES string of the molecule is CCCC(=O)OC1CN=C(c2cc3cc(Oc4ccc(S(C)(=O)=O)nc4)cc(OC(COC)COC)c3[nH]2)S1. The van der Waals surface area contributed by atoms with Gasteiger partial charge >= 0.3 is 5.97 Å². The van der Waals surface area contributed by atoms with E-state index in [-0.39, 0.29) is 22.5 Å². The quantitative estimate of drug-likeness (QED) is 0.297. The minimum atomic E-state index is -3.43. The van der Waals surface area contributed by atoms with E-state index in [9.17, 15) is 13.2 Å². The maximum absolute atomic E-state index is 11.9. The van der Waals surface area contributed by atoms with E-state index in [1.165, 1.54) is 24.0 Å². The van der Waals surface area contributed by atoms with Crippen molar-refractivity contribution in [1.29, 1.82) is 0 Å². The summed E-state index contributed by atoms with van der Waals surface area (Å²) in [4.78, 5) is 23.8. The van der Waals surface area contributed by atoms with E-state index in [1.54, 1.807) is 26.4 Å². The highest BCUT2D eigenvalue weighted by Crippen LogP contribution is 2.36. The summed E-state index contributed by atoms with van der Waals surface area (Å²) in [6.07, 6.45) is 3.16. The lowest BCUT2D eigenvalue weighted by molar-refractivity contribution is -0.144. The standard InChI is InChI=1S/C26H31N3O8S2/c1-5-6-23(30)37-24-13-28-26(38-24)20-10-16-9-18(35-17-7-8-22(27-12-17)39(4,31)32)11-21(25(16)29-20)36-19(14-33-2)15-34-3/h7-12,19,24,29H,5-6,13-15H2,1-4H3. The summed E-state index contributed by atoms with van der Waals surface area (Å²) in [5.74, 6) is 1.09. The van der Waals surface area contributed by atoms with E-state index in [4.69, 9.17) is 23.7 Å². The minimum Gasteiger partial charge on any atom is -0.483 e. The lowest BCUT2D eigenvalue weighted by Gasteiger charge is -2.19. The summed E-state index contributed by atoms with van der Waals surface area (Å²) in [6.45, 7) is 2.91. The van der Waals surface area contributed by atoms with Crippen molar-refractivity contribution in [2.45, 2.75) is 36.3 Å². The number of aliphatic imine (C=N–C) groups is 1. The molecule has 4 rings (SSSR count). The molecule has 0 amide bonds. The molecule has 1 N–H and O–H groups in total. The molecule has 1 aliphatic rings. The van der Waals surface area contributed by atoms with Crippen LogP contribution >= 0.6 is 11.8 Å². The van der Waals surface area contributed by atoms with E-state index in [0.29, 0.717) is 43.4 Å². The van der Waals surface area contributed by atoms with Crippen LogP contribution in [-0.4, -0.2) is 81.2 Å². The van der Waals surface area contributed by atoms with Crippen LogP contribution < -0.4 is 9.47 Å². The predicted octanol–water partition coefficient (Wildman–Crippen LogP) is 3.96. The van der Waals surface area contributed by atoms with Crippen molar-refractivity contribution in [3.63, 3.8) is 0 Å². The maximum Gasteiger partial charge on any atom is 0.306 e. The number of hydrogen-bond acceptors (Lipinski definition) is 11. The number of aromatic nitrogens is 2. The molecule has 3 aromatic rings. The fraction of sp³-hybridized carbons (Fsp3) is 0.423. The van der Waals surface area contributed by atoms with Gasteiger partial charge in [0.1, 0.15) is 28.4 Å². The molecule has 0 radical (unpaired) electrons. The molecule has 0 fully saturated rings. The molecule has 0 aliphatic carbocycles. The number of benzene rings is 1. The Hall–Kier alpha value is -3.13. The van der Waals surface area contributed by atoms with Crippen molar-refractivity contribution in [2.24, 2.45) is 4.99 Å². The van der Waals surface area contributed by atoms with E-state index in [1.807, 2.05) is 19.1 Å². The Morgan fingerprint density at radius 3 is 2.56 bits per heavy atom. The van der Waals surface area contributed by atoms with Crippen LogP contribution in [0.4, 0.5) is 0 Å². The van der Waals surface area contributed by atoms with Crippen molar-refractivity contribution in [3.05, 3.63) is 42.2 Å². The Kier molecular flexibility index (Phi) is 9.49. The highest BCUT2D eigenvalue weighted by atomic mass is 32.2. The molecule has 1 aromatic carbocycles. The Morgan fingerprint density at radius 1 is 1.15 bits per heavy atom. The van der Waals surface area contributed by atoms with Gasteiger partial charge in [-0.2, -0.15) is 0 Å². The molecule has 3 heterocycles. The first-order valence-electron chi connectivity index (χ1n) is 12.3. The second-order valence-corrected chi connectivity index (χ2v) is 12.0. The van der Waals surface area contributed by atoms with Crippen molar-refractivity contribution in [3.8, 4) is 17.2 Å². The summed E-state index contributed by atoms with van der Waals surface area (Å²) in [5, 5.41) is 1.47. The van der Waals surface area contributed by atoms with Crippen LogP contribution in [0.1, 0.15) is 25.5 Å². The average molecular weight is 578 g/mol. The molecule has 13 heteroatoms. The van der Waals surface area contributed by atoms with Gasteiger partial charge in [-0.1, -0.05) is 18.7 Å². The summed E-state index contributed by atoms with van der Waals surface area (Å²) >= 11 is 1.39. The molecule has 1 unspecified atom stereocenters. The third-order valence-corrected chi connectivity index (χ3v) is 7.65. The number of H-pyrrole nitrogens is 1. The van der Waals surface area contributed by atoms with E-state index < -0.39 is 9.84 Å². The molecule has 2 aromatic heterocycles. The number of ether oxygens (including phenoxy) is 5. The Morgan fingerprint density at radius 2 is 1.92 bits per heavy atom. The number of nitrogens with one attached hydrogen (secondary N) is 1. The van der Waals surface area contributed by atoms with Gasteiger partial charge in [-0.15, -0.1) is 0 Å². The van der Waals surface area contributed by atoms with Crippen LogP contribution in [0, 0.1) is 0 Å². The van der Waals surface area contributed by atoms with Gasteiger partial charge < -0.3 is 28.7 Å². The first-order valence-corrected chi connectivity index (χ1v) is 15.0. The number of fused-ring (bicyclic) bond motifs is 1. The van der Waals surface area contributed by atoms with Gasteiger partial charge in [0.05, 0.1) is 37.2 Å². The number of thioether (sulfide) groups is 1. The fourth-order valence-corrected chi connectivity index (χ4v) is 5.38. The number of methoxy groups -OCH3 is 2. The van der Waals surface area contributed by atoms with Gasteiger partial charge in [-0.05, 0) is 30.7 Å². The van der Waals surface area contributed by atoms with E-state index >= 15 is 0 Å². The molecular formula is C26H31N3O8S2. The summed E-state index contributed by atoms with van der Waals surface area (Å²) in [6, 6.07) is 8.40. The highest BCUT2D eigenvalue weighted by molar-refractivity contribution is 8.15. The number of hydrogen-bond donors (Lipinski definition) is 1. The van der Waals surface area contributed by atoms with Gasteiger partial charge in [0.2, 0.25) is 0 Å². The van der Waals surface area contributed by atoms with E-state index in [0.717, 1.165) is 34.3 Å². The van der Waals surface area contributed by atoms with Gasteiger partial charge in [-0.25, -0.2) is 13.4 Å². The number of carbonyl (C=O) groups is 1. The predicted molar refractivity (Wildman–Crippen MR) is 148 cm³/mol. The minimum absolute atomic E-state index is 0.0416. The van der Waals surface area contributed by atoms with Crippen LogP contribution in [0.3, 0.4) is 0 Å². The molecule has 210 valence electrons. The van der Waals surface area contributed by atoms with Crippen molar-refractivity contribution in [1.82, 2.24) is 9.97 Å². The van der Waals surface area contributed by atoms with Crippen molar-refractivity contribution in [2.75, 3.05) is 40.2 Å². The first kappa shape index (κ1) is 28.9. The molecular weight excluding hydrogens is 546 g/mol. The van der Waals surface area contributed by atoms with Gasteiger partial charge in [-0.3, -0.25) is 9.79 Å². The topological polar surface area (TPSA) is 138 Å². The number of aromatic amines is 1. The monoisotopic (exact) mass is 577 g/mol. The zero-order valence-corrected chi connectivity index (χ0v) is 23.8. The average Bonchev–Trinajstić information content (AvgIpc) is 3.51. The Bertz CT molecular complexity index is 1430. The highest BCUT2D eigenvalue weighted by Gasteiger charge is 2.26. The third kappa shape index (κ3) is 7.50. The Labute approximate surface area is 231 Å². The first-order chi connectivity index (χ1) is 18.7. The van der Waals surface area contributed by atoms with Crippen molar-refractivity contribution < 1.29 is 36.9 Å². The van der Waals surface area contributed by atoms with Crippen molar-refractivity contribution >= 4 is 43.5 Å². The lowest BCUT2D eigenvalue weighted by atomic mass is 10.2. The third-order valence-electron chi connectivity index (χ3n) is 5.56.